The minimum atomic E-state index is -4.73. The zero-order valence-corrected chi connectivity index (χ0v) is 16.1. The van der Waals surface area contributed by atoms with Crippen molar-refractivity contribution in [1.82, 2.24) is 19.6 Å². The van der Waals surface area contributed by atoms with Gasteiger partial charge < -0.3 is 4.90 Å². The number of carbonyl (C=O) groups excluding carboxylic acids is 1. The van der Waals surface area contributed by atoms with Gasteiger partial charge in [0.05, 0.1) is 11.1 Å². The van der Waals surface area contributed by atoms with E-state index in [-0.39, 0.29) is 13.1 Å². The van der Waals surface area contributed by atoms with Crippen molar-refractivity contribution >= 4 is 5.91 Å². The van der Waals surface area contributed by atoms with Gasteiger partial charge in [0, 0.05) is 46.0 Å². The lowest BCUT2D eigenvalue weighted by molar-refractivity contribution is -0.142. The van der Waals surface area contributed by atoms with Crippen LogP contribution in [0.2, 0.25) is 0 Å². The topological polar surface area (TPSA) is 41.4 Å². The zero-order chi connectivity index (χ0) is 22.1. The maximum absolute atomic E-state index is 13.2. The zero-order valence-electron chi connectivity index (χ0n) is 16.1. The molecule has 1 aliphatic rings. The first kappa shape index (κ1) is 22.1. The molecule has 0 bridgehead atoms. The first-order chi connectivity index (χ1) is 13.9. The van der Waals surface area contributed by atoms with Gasteiger partial charge in [-0.25, -0.2) is 0 Å². The number of rotatable bonds is 3. The molecule has 2 aromatic rings. The second kappa shape index (κ2) is 8.29. The molecule has 30 heavy (non-hydrogen) atoms. The van der Waals surface area contributed by atoms with Crippen LogP contribution in [0.1, 0.15) is 33.6 Å². The number of halogens is 6. The highest BCUT2D eigenvalue weighted by atomic mass is 19.4. The Labute approximate surface area is 168 Å². The lowest BCUT2D eigenvalue weighted by Gasteiger charge is -2.22. The number of amides is 1. The Kier molecular flexibility index (Phi) is 6.11. The molecule has 1 amide bonds. The van der Waals surface area contributed by atoms with Gasteiger partial charge in [-0.15, -0.1) is 0 Å². The Bertz CT molecular complexity index is 888. The van der Waals surface area contributed by atoms with Gasteiger partial charge in [0.2, 0.25) is 0 Å². The van der Waals surface area contributed by atoms with Crippen LogP contribution in [0.4, 0.5) is 26.3 Å². The Morgan fingerprint density at radius 3 is 2.23 bits per heavy atom. The van der Waals surface area contributed by atoms with E-state index in [1.54, 1.807) is 0 Å². The highest BCUT2D eigenvalue weighted by molar-refractivity contribution is 5.95. The van der Waals surface area contributed by atoms with E-state index in [1.165, 1.54) is 24.1 Å². The molecule has 1 fully saturated rings. The normalized spacial score (nSPS) is 16.6. The monoisotopic (exact) mass is 434 g/mol. The smallest absolute Gasteiger partial charge is 0.337 e. The molecule has 3 rings (SSSR count). The summed E-state index contributed by atoms with van der Waals surface area (Å²) in [7, 11) is 1.32. The summed E-state index contributed by atoms with van der Waals surface area (Å²) in [6.07, 6.45) is -7.53. The molecule has 0 unspecified atom stereocenters. The second-order valence-corrected chi connectivity index (χ2v) is 7.18. The van der Waals surface area contributed by atoms with Gasteiger partial charge in [-0.2, -0.15) is 31.4 Å². The Hall–Kier alpha value is -2.56. The van der Waals surface area contributed by atoms with Crippen LogP contribution in [-0.2, 0) is 25.9 Å². The molecule has 1 saturated heterocycles. The van der Waals surface area contributed by atoms with Crippen LogP contribution < -0.4 is 0 Å². The molecular formula is C19H20F6N4O. The van der Waals surface area contributed by atoms with E-state index in [9.17, 15) is 31.1 Å². The first-order valence-corrected chi connectivity index (χ1v) is 9.24. The maximum Gasteiger partial charge on any atom is 0.435 e. The third-order valence-electron chi connectivity index (χ3n) is 4.89. The average molecular weight is 434 g/mol. The summed E-state index contributed by atoms with van der Waals surface area (Å²) >= 11 is 0. The van der Waals surface area contributed by atoms with Crippen molar-refractivity contribution in [2.24, 2.45) is 7.05 Å². The fourth-order valence-electron chi connectivity index (χ4n) is 3.41. The number of aryl methyl sites for hydroxylation is 1. The van der Waals surface area contributed by atoms with E-state index in [0.717, 1.165) is 23.0 Å². The van der Waals surface area contributed by atoms with E-state index in [4.69, 9.17) is 0 Å². The molecule has 5 nitrogen and oxygen atoms in total. The molecule has 1 aromatic heterocycles. The number of hydrogen-bond donors (Lipinski definition) is 0. The van der Waals surface area contributed by atoms with Crippen molar-refractivity contribution in [2.75, 3.05) is 26.2 Å². The molecule has 2 heterocycles. The number of alkyl halides is 6. The lowest BCUT2D eigenvalue weighted by atomic mass is 10.1. The van der Waals surface area contributed by atoms with Crippen LogP contribution in [0.25, 0.3) is 0 Å². The van der Waals surface area contributed by atoms with Gasteiger partial charge in [-0.3, -0.25) is 14.4 Å². The van der Waals surface area contributed by atoms with Crippen molar-refractivity contribution in [3.63, 3.8) is 0 Å². The number of benzene rings is 1. The lowest BCUT2D eigenvalue weighted by Crippen LogP contribution is -2.35. The summed E-state index contributed by atoms with van der Waals surface area (Å²) in [5.41, 5.74) is -1.73. The highest BCUT2D eigenvalue weighted by Crippen LogP contribution is 2.31. The summed E-state index contributed by atoms with van der Waals surface area (Å²) in [6, 6.07) is 4.85. The van der Waals surface area contributed by atoms with Crippen molar-refractivity contribution in [2.45, 2.75) is 25.3 Å². The highest BCUT2D eigenvalue weighted by Gasteiger charge is 2.40. The Morgan fingerprint density at radius 2 is 1.63 bits per heavy atom. The predicted octanol–water partition coefficient (Wildman–Crippen LogP) is 3.81. The standard InChI is InChI=1S/C19H20F6N4O/c1-27-12-15(16(26-27)19(23,24)25)17(30)29-8-2-7-28(9-10-29)11-13-3-5-14(6-4-13)18(20,21)22/h3-6,12H,2,7-11H2,1H3. The minimum Gasteiger partial charge on any atom is -0.337 e. The van der Waals surface area contributed by atoms with Gasteiger partial charge >= 0.3 is 12.4 Å². The maximum atomic E-state index is 13.2. The van der Waals surface area contributed by atoms with E-state index in [1.807, 2.05) is 4.90 Å². The fourth-order valence-corrected chi connectivity index (χ4v) is 3.41. The summed E-state index contributed by atoms with van der Waals surface area (Å²) in [6.45, 7) is 1.86. The van der Waals surface area contributed by atoms with Crippen LogP contribution in [-0.4, -0.2) is 51.7 Å². The minimum absolute atomic E-state index is 0.214. The summed E-state index contributed by atoms with van der Waals surface area (Å²) in [4.78, 5) is 16.0. The summed E-state index contributed by atoms with van der Waals surface area (Å²) in [5.74, 6) is -0.730. The molecule has 1 aromatic carbocycles. The Morgan fingerprint density at radius 1 is 0.967 bits per heavy atom. The number of aromatic nitrogens is 2. The summed E-state index contributed by atoms with van der Waals surface area (Å²) in [5, 5.41) is 3.37. The molecule has 164 valence electrons. The van der Waals surface area contributed by atoms with Crippen LogP contribution >= 0.6 is 0 Å². The van der Waals surface area contributed by atoms with Crippen LogP contribution in [0.3, 0.4) is 0 Å². The Balaban J connectivity index is 1.65. The van der Waals surface area contributed by atoms with Gasteiger partial charge in [-0.05, 0) is 24.1 Å². The third-order valence-corrected chi connectivity index (χ3v) is 4.89. The number of nitrogens with zero attached hydrogens (tertiary/aromatic N) is 4. The molecule has 0 N–H and O–H groups in total. The fraction of sp³-hybridized carbons (Fsp3) is 0.474. The molecule has 1 aliphatic heterocycles. The van der Waals surface area contributed by atoms with Crippen molar-refractivity contribution in [3.8, 4) is 0 Å². The van der Waals surface area contributed by atoms with Crippen molar-refractivity contribution in [1.29, 1.82) is 0 Å². The van der Waals surface area contributed by atoms with Crippen molar-refractivity contribution < 1.29 is 31.1 Å². The van der Waals surface area contributed by atoms with Gasteiger partial charge in [0.15, 0.2) is 5.69 Å². The van der Waals surface area contributed by atoms with Crippen LogP contribution in [0.5, 0.6) is 0 Å². The molecule has 11 heteroatoms. The van der Waals surface area contributed by atoms with Crippen LogP contribution in [0, 0.1) is 0 Å². The molecule has 0 radical (unpaired) electrons. The van der Waals surface area contributed by atoms with Crippen LogP contribution in [0.15, 0.2) is 30.5 Å². The molecular weight excluding hydrogens is 414 g/mol. The molecule has 0 atom stereocenters. The van der Waals surface area contributed by atoms with E-state index in [0.29, 0.717) is 31.6 Å². The van der Waals surface area contributed by atoms with E-state index < -0.39 is 35.1 Å². The predicted molar refractivity (Wildman–Crippen MR) is 95.5 cm³/mol. The van der Waals surface area contributed by atoms with Gasteiger partial charge in [-0.1, -0.05) is 12.1 Å². The number of hydrogen-bond acceptors (Lipinski definition) is 3. The quantitative estimate of drug-likeness (QED) is 0.690. The molecule has 0 spiro atoms. The first-order valence-electron chi connectivity index (χ1n) is 9.24. The van der Waals surface area contributed by atoms with Crippen molar-refractivity contribution in [3.05, 3.63) is 52.8 Å². The third kappa shape index (κ3) is 5.13. The van der Waals surface area contributed by atoms with Gasteiger partial charge in [0.1, 0.15) is 0 Å². The van der Waals surface area contributed by atoms with E-state index >= 15 is 0 Å². The SMILES string of the molecule is Cn1cc(C(=O)N2CCCN(Cc3ccc(C(F)(F)F)cc3)CC2)c(C(F)(F)F)n1. The largest absolute Gasteiger partial charge is 0.435 e. The average Bonchev–Trinajstić information content (AvgIpc) is 2.91. The number of carbonyl (C=O) groups is 1. The molecule has 0 aliphatic carbocycles. The second-order valence-electron chi connectivity index (χ2n) is 7.18. The van der Waals surface area contributed by atoms with Gasteiger partial charge in [0.25, 0.3) is 5.91 Å². The molecule has 0 saturated carbocycles. The summed E-state index contributed by atoms with van der Waals surface area (Å²) < 4.78 is 78.4. The van der Waals surface area contributed by atoms with E-state index in [2.05, 4.69) is 5.10 Å².